The molecule has 25 heavy (non-hydrogen) atoms. The van der Waals surface area contributed by atoms with E-state index in [1.54, 1.807) is 6.92 Å². The second-order valence-corrected chi connectivity index (χ2v) is 6.88. The molecule has 4 heteroatoms. The van der Waals surface area contributed by atoms with Crippen LogP contribution < -0.4 is 15.8 Å². The highest BCUT2D eigenvalue weighted by atomic mass is 16.5. The van der Waals surface area contributed by atoms with Gasteiger partial charge >= 0.3 is 0 Å². The van der Waals surface area contributed by atoms with E-state index in [9.17, 15) is 4.79 Å². The third-order valence-corrected chi connectivity index (χ3v) is 4.85. The van der Waals surface area contributed by atoms with Crippen LogP contribution in [0.2, 0.25) is 0 Å². The second kappa shape index (κ2) is 7.70. The number of carbonyl (C=O) groups is 1. The molecule has 1 saturated carbocycles. The zero-order chi connectivity index (χ0) is 17.7. The van der Waals surface area contributed by atoms with Gasteiger partial charge in [0.1, 0.15) is 11.3 Å². The van der Waals surface area contributed by atoms with Crippen LogP contribution in [0.1, 0.15) is 43.7 Å². The Morgan fingerprint density at radius 3 is 2.48 bits per heavy atom. The van der Waals surface area contributed by atoms with Gasteiger partial charge in [0.2, 0.25) is 5.91 Å². The summed E-state index contributed by atoms with van der Waals surface area (Å²) in [7, 11) is 0. The smallest absolute Gasteiger partial charge is 0.244 e. The van der Waals surface area contributed by atoms with Crippen LogP contribution >= 0.6 is 0 Å². The van der Waals surface area contributed by atoms with Crippen molar-refractivity contribution in [2.45, 2.75) is 50.8 Å². The van der Waals surface area contributed by atoms with E-state index in [-0.39, 0.29) is 5.91 Å². The maximum absolute atomic E-state index is 12.6. The molecule has 1 aliphatic carbocycles. The first-order chi connectivity index (χ1) is 12.1. The third-order valence-electron chi connectivity index (χ3n) is 4.85. The zero-order valence-corrected chi connectivity index (χ0v) is 14.7. The lowest BCUT2D eigenvalue weighted by Crippen LogP contribution is -2.48. The molecule has 132 valence electrons. The Morgan fingerprint density at radius 2 is 1.76 bits per heavy atom. The number of para-hydroxylation sites is 1. The van der Waals surface area contributed by atoms with E-state index in [0.29, 0.717) is 12.6 Å². The number of nitrogens with two attached hydrogens (primary N) is 1. The number of rotatable bonds is 6. The van der Waals surface area contributed by atoms with E-state index < -0.39 is 5.54 Å². The van der Waals surface area contributed by atoms with Gasteiger partial charge in [-0.05, 0) is 44.2 Å². The summed E-state index contributed by atoms with van der Waals surface area (Å²) in [4.78, 5) is 12.6. The van der Waals surface area contributed by atoms with E-state index in [0.717, 1.165) is 29.7 Å². The standard InChI is InChI=1S/C21H26N2O2/c1-21(22,17-10-3-2-4-11-17)20(24)23-15-16-9-5-8-14-19(16)25-18-12-6-7-13-18/h2-5,8-11,14,18H,6-7,12-13,15,22H2,1H3,(H,23,24). The number of amides is 1. The quantitative estimate of drug-likeness (QED) is 0.847. The summed E-state index contributed by atoms with van der Waals surface area (Å²) in [5.41, 5.74) is 6.98. The van der Waals surface area contributed by atoms with Crippen molar-refractivity contribution in [3.8, 4) is 5.75 Å². The van der Waals surface area contributed by atoms with Crippen LogP contribution in [0.15, 0.2) is 54.6 Å². The van der Waals surface area contributed by atoms with Crippen LogP contribution in [0.25, 0.3) is 0 Å². The first-order valence-electron chi connectivity index (χ1n) is 8.94. The van der Waals surface area contributed by atoms with Gasteiger partial charge < -0.3 is 15.8 Å². The number of hydrogen-bond donors (Lipinski definition) is 2. The van der Waals surface area contributed by atoms with Gasteiger partial charge in [0.05, 0.1) is 6.10 Å². The Morgan fingerprint density at radius 1 is 1.12 bits per heavy atom. The summed E-state index contributed by atoms with van der Waals surface area (Å²) in [6.45, 7) is 2.14. The van der Waals surface area contributed by atoms with Crippen molar-refractivity contribution in [2.24, 2.45) is 5.73 Å². The lowest BCUT2D eigenvalue weighted by Gasteiger charge is -2.24. The minimum absolute atomic E-state index is 0.200. The van der Waals surface area contributed by atoms with Crippen LogP contribution in [-0.4, -0.2) is 12.0 Å². The van der Waals surface area contributed by atoms with Crippen LogP contribution in [0.4, 0.5) is 0 Å². The first kappa shape index (κ1) is 17.5. The fraction of sp³-hybridized carbons (Fsp3) is 0.381. The number of carbonyl (C=O) groups excluding carboxylic acids is 1. The molecule has 3 rings (SSSR count). The molecule has 4 nitrogen and oxygen atoms in total. The largest absolute Gasteiger partial charge is 0.490 e. The molecule has 0 spiro atoms. The van der Waals surface area contributed by atoms with Gasteiger partial charge in [-0.15, -0.1) is 0 Å². The average molecular weight is 338 g/mol. The molecule has 1 amide bonds. The minimum atomic E-state index is -1.07. The van der Waals surface area contributed by atoms with Gasteiger partial charge in [0.25, 0.3) is 0 Å². The highest BCUT2D eigenvalue weighted by Gasteiger charge is 2.30. The fourth-order valence-electron chi connectivity index (χ4n) is 3.23. The van der Waals surface area contributed by atoms with Crippen LogP contribution in [-0.2, 0) is 16.9 Å². The van der Waals surface area contributed by atoms with Crippen LogP contribution in [0, 0.1) is 0 Å². The number of hydrogen-bond acceptors (Lipinski definition) is 3. The van der Waals surface area contributed by atoms with Gasteiger partial charge in [0.15, 0.2) is 0 Å². The molecule has 3 N–H and O–H groups in total. The Bertz CT molecular complexity index is 707. The van der Waals surface area contributed by atoms with Crippen molar-refractivity contribution in [3.05, 3.63) is 65.7 Å². The van der Waals surface area contributed by atoms with Crippen molar-refractivity contribution in [1.82, 2.24) is 5.32 Å². The second-order valence-electron chi connectivity index (χ2n) is 6.88. The molecule has 1 fully saturated rings. The molecule has 0 saturated heterocycles. The van der Waals surface area contributed by atoms with Crippen LogP contribution in [0.5, 0.6) is 5.75 Å². The Balaban J connectivity index is 1.66. The van der Waals surface area contributed by atoms with Gasteiger partial charge in [-0.25, -0.2) is 0 Å². The van der Waals surface area contributed by atoms with Crippen molar-refractivity contribution in [1.29, 1.82) is 0 Å². The normalized spacial score (nSPS) is 17.0. The van der Waals surface area contributed by atoms with E-state index in [1.165, 1.54) is 12.8 Å². The molecular weight excluding hydrogens is 312 g/mol. The Labute approximate surface area is 149 Å². The Hall–Kier alpha value is -2.33. The highest BCUT2D eigenvalue weighted by Crippen LogP contribution is 2.27. The molecule has 2 aromatic rings. The molecule has 2 aromatic carbocycles. The average Bonchev–Trinajstić information content (AvgIpc) is 3.14. The van der Waals surface area contributed by atoms with Gasteiger partial charge in [-0.2, -0.15) is 0 Å². The minimum Gasteiger partial charge on any atom is -0.490 e. The lowest BCUT2D eigenvalue weighted by molar-refractivity contribution is -0.126. The molecule has 0 aromatic heterocycles. The van der Waals surface area contributed by atoms with Crippen LogP contribution in [0.3, 0.4) is 0 Å². The predicted octanol–water partition coefficient (Wildman–Crippen LogP) is 3.50. The summed E-state index contributed by atoms with van der Waals surface area (Å²) in [6.07, 6.45) is 4.96. The molecule has 0 aliphatic heterocycles. The summed E-state index contributed by atoms with van der Waals surface area (Å²) in [5, 5.41) is 2.96. The topological polar surface area (TPSA) is 64.4 Å². The van der Waals surface area contributed by atoms with Crippen molar-refractivity contribution < 1.29 is 9.53 Å². The van der Waals surface area contributed by atoms with E-state index in [1.807, 2.05) is 54.6 Å². The molecule has 1 atom stereocenters. The Kier molecular flexibility index (Phi) is 5.39. The monoisotopic (exact) mass is 338 g/mol. The molecule has 0 heterocycles. The van der Waals surface area contributed by atoms with Gasteiger partial charge in [0, 0.05) is 12.1 Å². The lowest BCUT2D eigenvalue weighted by atomic mass is 9.92. The van der Waals surface area contributed by atoms with Gasteiger partial charge in [-0.1, -0.05) is 48.5 Å². The third kappa shape index (κ3) is 4.20. The number of nitrogens with one attached hydrogen (secondary N) is 1. The van der Waals surface area contributed by atoms with E-state index >= 15 is 0 Å². The van der Waals surface area contributed by atoms with Crippen molar-refractivity contribution >= 4 is 5.91 Å². The fourth-order valence-corrected chi connectivity index (χ4v) is 3.23. The molecule has 1 aliphatic rings. The van der Waals surface area contributed by atoms with E-state index in [2.05, 4.69) is 5.32 Å². The van der Waals surface area contributed by atoms with E-state index in [4.69, 9.17) is 10.5 Å². The molecule has 0 radical (unpaired) electrons. The number of benzene rings is 2. The SMILES string of the molecule is CC(N)(C(=O)NCc1ccccc1OC1CCCC1)c1ccccc1. The summed E-state index contributed by atoms with van der Waals surface area (Å²) < 4.78 is 6.13. The summed E-state index contributed by atoms with van der Waals surface area (Å²) >= 11 is 0. The molecule has 1 unspecified atom stereocenters. The van der Waals surface area contributed by atoms with Crippen molar-refractivity contribution in [3.63, 3.8) is 0 Å². The maximum atomic E-state index is 12.6. The highest BCUT2D eigenvalue weighted by molar-refractivity contribution is 5.87. The zero-order valence-electron chi connectivity index (χ0n) is 14.7. The first-order valence-corrected chi connectivity index (χ1v) is 8.94. The summed E-state index contributed by atoms with van der Waals surface area (Å²) in [6, 6.07) is 17.3. The number of ether oxygens (including phenoxy) is 1. The predicted molar refractivity (Wildman–Crippen MR) is 99.2 cm³/mol. The van der Waals surface area contributed by atoms with Crippen molar-refractivity contribution in [2.75, 3.05) is 0 Å². The summed E-state index contributed by atoms with van der Waals surface area (Å²) in [5.74, 6) is 0.655. The maximum Gasteiger partial charge on any atom is 0.244 e. The van der Waals surface area contributed by atoms with Gasteiger partial charge in [-0.3, -0.25) is 4.79 Å². The molecular formula is C21H26N2O2. The molecule has 0 bridgehead atoms.